The van der Waals surface area contributed by atoms with Gasteiger partial charge >= 0.3 is 0 Å². The topological polar surface area (TPSA) is 58.6 Å². The van der Waals surface area contributed by atoms with Crippen LogP contribution in [0.15, 0.2) is 54.6 Å². The van der Waals surface area contributed by atoms with Gasteiger partial charge in [-0.05, 0) is 36.2 Å². The largest absolute Gasteiger partial charge is 0.489 e. The Morgan fingerprint density at radius 1 is 1.04 bits per heavy atom. The summed E-state index contributed by atoms with van der Waals surface area (Å²) in [7, 11) is 0. The molecule has 0 heterocycles. The molecular weight excluding hydrogens is 328 g/mol. The number of rotatable bonds is 9. The van der Waals surface area contributed by atoms with Gasteiger partial charge in [-0.3, -0.25) is 9.59 Å². The normalized spacial score (nSPS) is 10.2. The number of hydrogen-bond donors (Lipinski definition) is 1. The summed E-state index contributed by atoms with van der Waals surface area (Å²) in [5.41, 5.74) is 1.89. The van der Waals surface area contributed by atoms with Crippen LogP contribution >= 0.6 is 0 Å². The summed E-state index contributed by atoms with van der Waals surface area (Å²) in [6, 6.07) is 17.4. The number of carbonyl (C=O) groups excluding carboxylic acids is 2. The highest BCUT2D eigenvalue weighted by atomic mass is 16.5. The van der Waals surface area contributed by atoms with E-state index >= 15 is 0 Å². The second-order valence-electron chi connectivity index (χ2n) is 6.04. The van der Waals surface area contributed by atoms with Crippen LogP contribution in [-0.4, -0.2) is 24.9 Å². The molecule has 138 valence electrons. The minimum absolute atomic E-state index is 0.0145. The maximum absolute atomic E-state index is 11.9. The molecule has 0 fully saturated rings. The Morgan fingerprint density at radius 2 is 1.73 bits per heavy atom. The number of benzene rings is 2. The fourth-order valence-electron chi connectivity index (χ4n) is 2.55. The molecule has 26 heavy (non-hydrogen) atoms. The molecule has 2 aromatic rings. The molecule has 0 spiro atoms. The van der Waals surface area contributed by atoms with E-state index in [0.717, 1.165) is 23.4 Å². The Morgan fingerprint density at radius 3 is 2.35 bits per heavy atom. The lowest BCUT2D eigenvalue weighted by molar-refractivity contribution is -0.121. The molecule has 0 atom stereocenters. The molecule has 0 saturated carbocycles. The van der Waals surface area contributed by atoms with Crippen molar-refractivity contribution in [2.24, 2.45) is 0 Å². The standard InChI is InChI=1S/C21H26N2O3/c1-3-7-21(25)22-14-15-23(17(2)24)19-10-12-20(13-11-19)26-16-18-8-5-4-6-9-18/h4-6,8-13H,3,7,14-16H2,1-2H3,(H,22,25). The zero-order valence-corrected chi connectivity index (χ0v) is 15.4. The Bertz CT molecular complexity index is 699. The van der Waals surface area contributed by atoms with E-state index in [2.05, 4.69) is 5.32 Å². The van der Waals surface area contributed by atoms with Gasteiger partial charge in [0, 0.05) is 32.1 Å². The molecule has 0 bridgehead atoms. The van der Waals surface area contributed by atoms with Gasteiger partial charge in [0.15, 0.2) is 0 Å². The van der Waals surface area contributed by atoms with E-state index < -0.39 is 0 Å². The van der Waals surface area contributed by atoms with E-state index in [1.807, 2.05) is 61.5 Å². The lowest BCUT2D eigenvalue weighted by Gasteiger charge is -2.21. The van der Waals surface area contributed by atoms with Crippen molar-refractivity contribution in [1.82, 2.24) is 5.32 Å². The molecular formula is C21H26N2O3. The Labute approximate surface area is 155 Å². The Balaban J connectivity index is 1.90. The van der Waals surface area contributed by atoms with Crippen LogP contribution in [0.2, 0.25) is 0 Å². The molecule has 0 aromatic heterocycles. The lowest BCUT2D eigenvalue weighted by atomic mass is 10.2. The summed E-state index contributed by atoms with van der Waals surface area (Å²) in [5.74, 6) is 0.700. The minimum Gasteiger partial charge on any atom is -0.489 e. The van der Waals surface area contributed by atoms with Crippen LogP contribution in [0.5, 0.6) is 5.75 Å². The molecule has 5 heteroatoms. The maximum atomic E-state index is 11.9. The Hall–Kier alpha value is -2.82. The highest BCUT2D eigenvalue weighted by molar-refractivity contribution is 5.91. The van der Waals surface area contributed by atoms with Gasteiger partial charge in [0.1, 0.15) is 12.4 Å². The number of ether oxygens (including phenoxy) is 1. The van der Waals surface area contributed by atoms with Crippen LogP contribution in [0.1, 0.15) is 32.3 Å². The third-order valence-electron chi connectivity index (χ3n) is 3.91. The summed E-state index contributed by atoms with van der Waals surface area (Å²) in [6.07, 6.45) is 1.32. The van der Waals surface area contributed by atoms with Gasteiger partial charge in [-0.2, -0.15) is 0 Å². The summed E-state index contributed by atoms with van der Waals surface area (Å²) >= 11 is 0. The summed E-state index contributed by atoms with van der Waals surface area (Å²) in [4.78, 5) is 25.1. The van der Waals surface area contributed by atoms with Crippen molar-refractivity contribution in [2.45, 2.75) is 33.3 Å². The van der Waals surface area contributed by atoms with Crippen LogP contribution in [-0.2, 0) is 16.2 Å². The highest BCUT2D eigenvalue weighted by Gasteiger charge is 2.12. The number of nitrogens with zero attached hydrogens (tertiary/aromatic N) is 1. The van der Waals surface area contributed by atoms with Gasteiger partial charge in [-0.15, -0.1) is 0 Å². The third kappa shape index (κ3) is 6.24. The third-order valence-corrected chi connectivity index (χ3v) is 3.91. The maximum Gasteiger partial charge on any atom is 0.223 e. The number of hydrogen-bond acceptors (Lipinski definition) is 3. The van der Waals surface area contributed by atoms with Crippen molar-refractivity contribution < 1.29 is 14.3 Å². The monoisotopic (exact) mass is 354 g/mol. The fraction of sp³-hybridized carbons (Fsp3) is 0.333. The smallest absolute Gasteiger partial charge is 0.223 e. The van der Waals surface area contributed by atoms with E-state index in [9.17, 15) is 9.59 Å². The molecule has 0 saturated heterocycles. The van der Waals surface area contributed by atoms with Crippen molar-refractivity contribution in [3.8, 4) is 5.75 Å². The molecule has 2 amide bonds. The molecule has 0 radical (unpaired) electrons. The van der Waals surface area contributed by atoms with E-state index in [1.54, 1.807) is 4.90 Å². The van der Waals surface area contributed by atoms with E-state index in [1.165, 1.54) is 6.92 Å². The number of nitrogens with one attached hydrogen (secondary N) is 1. The van der Waals surface area contributed by atoms with Gasteiger partial charge in [-0.25, -0.2) is 0 Å². The van der Waals surface area contributed by atoms with Crippen LogP contribution in [0.25, 0.3) is 0 Å². The van der Waals surface area contributed by atoms with Crippen LogP contribution in [0.4, 0.5) is 5.69 Å². The van der Waals surface area contributed by atoms with E-state index in [-0.39, 0.29) is 11.8 Å². The molecule has 0 aliphatic carbocycles. The van der Waals surface area contributed by atoms with E-state index in [4.69, 9.17) is 4.74 Å². The number of carbonyl (C=O) groups is 2. The van der Waals surface area contributed by atoms with Gasteiger partial charge < -0.3 is 15.0 Å². The molecule has 0 aliphatic heterocycles. The average molecular weight is 354 g/mol. The lowest BCUT2D eigenvalue weighted by Crippen LogP contribution is -2.37. The average Bonchev–Trinajstić information content (AvgIpc) is 2.65. The van der Waals surface area contributed by atoms with Gasteiger partial charge in [0.05, 0.1) is 0 Å². The van der Waals surface area contributed by atoms with E-state index in [0.29, 0.717) is 26.1 Å². The second kappa shape index (κ2) is 10.2. The molecule has 0 unspecified atom stereocenters. The summed E-state index contributed by atoms with van der Waals surface area (Å²) in [5, 5.41) is 2.83. The SMILES string of the molecule is CCCC(=O)NCCN(C(C)=O)c1ccc(OCc2ccccc2)cc1. The van der Waals surface area contributed by atoms with Gasteiger partial charge in [0.2, 0.25) is 11.8 Å². The van der Waals surface area contributed by atoms with Crippen LogP contribution < -0.4 is 15.0 Å². The minimum atomic E-state index is -0.0623. The fourth-order valence-corrected chi connectivity index (χ4v) is 2.55. The van der Waals surface area contributed by atoms with Gasteiger partial charge in [-0.1, -0.05) is 37.3 Å². The van der Waals surface area contributed by atoms with Crippen molar-refractivity contribution in [3.05, 3.63) is 60.2 Å². The molecule has 2 aromatic carbocycles. The first kappa shape index (κ1) is 19.5. The molecule has 1 N–H and O–H groups in total. The zero-order chi connectivity index (χ0) is 18.8. The van der Waals surface area contributed by atoms with Crippen molar-refractivity contribution in [1.29, 1.82) is 0 Å². The summed E-state index contributed by atoms with van der Waals surface area (Å²) in [6.45, 7) is 4.86. The first-order valence-corrected chi connectivity index (χ1v) is 8.91. The number of anilines is 1. The highest BCUT2D eigenvalue weighted by Crippen LogP contribution is 2.20. The Kier molecular flexibility index (Phi) is 7.68. The molecule has 2 rings (SSSR count). The first-order chi connectivity index (χ1) is 12.6. The first-order valence-electron chi connectivity index (χ1n) is 8.91. The molecule has 5 nitrogen and oxygen atoms in total. The number of amides is 2. The van der Waals surface area contributed by atoms with Crippen molar-refractivity contribution in [2.75, 3.05) is 18.0 Å². The van der Waals surface area contributed by atoms with Crippen molar-refractivity contribution >= 4 is 17.5 Å². The predicted octanol–water partition coefficient (Wildman–Crippen LogP) is 3.53. The predicted molar refractivity (Wildman–Crippen MR) is 103 cm³/mol. The second-order valence-corrected chi connectivity index (χ2v) is 6.04. The van der Waals surface area contributed by atoms with Crippen molar-refractivity contribution in [3.63, 3.8) is 0 Å². The quantitative estimate of drug-likeness (QED) is 0.749. The van der Waals surface area contributed by atoms with Crippen LogP contribution in [0.3, 0.4) is 0 Å². The summed E-state index contributed by atoms with van der Waals surface area (Å²) < 4.78 is 5.77. The zero-order valence-electron chi connectivity index (χ0n) is 15.4. The van der Waals surface area contributed by atoms with Crippen LogP contribution in [0, 0.1) is 0 Å². The van der Waals surface area contributed by atoms with Gasteiger partial charge in [0.25, 0.3) is 0 Å². The molecule has 0 aliphatic rings.